The lowest BCUT2D eigenvalue weighted by Gasteiger charge is -2.17. The second-order valence-electron chi connectivity index (χ2n) is 6.13. The monoisotopic (exact) mass is 350 g/mol. The Bertz CT molecular complexity index is 656. The van der Waals surface area contributed by atoms with E-state index in [4.69, 9.17) is 4.74 Å². The van der Waals surface area contributed by atoms with Gasteiger partial charge in [0, 0.05) is 10.6 Å². The molecule has 23 heavy (non-hydrogen) atoms. The molecule has 2 aromatic heterocycles. The van der Waals surface area contributed by atoms with Crippen LogP contribution in [0.4, 0.5) is 0 Å². The van der Waals surface area contributed by atoms with Crippen molar-refractivity contribution in [2.24, 2.45) is 0 Å². The first-order valence-electron chi connectivity index (χ1n) is 8.79. The van der Waals surface area contributed by atoms with Gasteiger partial charge in [-0.05, 0) is 42.9 Å². The Balaban J connectivity index is 1.96. The summed E-state index contributed by atoms with van der Waals surface area (Å²) in [6.07, 6.45) is 7.65. The minimum Gasteiger partial charge on any atom is -0.474 e. The zero-order chi connectivity index (χ0) is 16.2. The molecular weight excluding hydrogens is 324 g/mol. The third-order valence-corrected chi connectivity index (χ3v) is 6.78. The van der Waals surface area contributed by atoms with E-state index in [0.29, 0.717) is 5.92 Å². The summed E-state index contributed by atoms with van der Waals surface area (Å²) in [4.78, 5) is 11.6. The fourth-order valence-corrected chi connectivity index (χ4v) is 5.47. The van der Waals surface area contributed by atoms with Gasteiger partial charge in [-0.25, -0.2) is 9.97 Å². The van der Waals surface area contributed by atoms with E-state index in [1.165, 1.54) is 40.2 Å². The van der Waals surface area contributed by atoms with Crippen LogP contribution < -0.4 is 4.74 Å². The molecule has 0 saturated carbocycles. The van der Waals surface area contributed by atoms with Crippen LogP contribution in [-0.2, 0) is 6.42 Å². The van der Waals surface area contributed by atoms with Gasteiger partial charge in [-0.3, -0.25) is 0 Å². The van der Waals surface area contributed by atoms with Crippen molar-refractivity contribution in [1.29, 1.82) is 0 Å². The molecule has 2 atom stereocenters. The Morgan fingerprint density at radius 3 is 2.96 bits per heavy atom. The van der Waals surface area contributed by atoms with Crippen molar-refractivity contribution in [3.8, 4) is 5.88 Å². The van der Waals surface area contributed by atoms with Crippen LogP contribution in [0.1, 0.15) is 62.8 Å². The largest absolute Gasteiger partial charge is 0.474 e. The van der Waals surface area contributed by atoms with E-state index in [0.717, 1.165) is 30.0 Å². The van der Waals surface area contributed by atoms with E-state index >= 15 is 0 Å². The van der Waals surface area contributed by atoms with E-state index in [2.05, 4.69) is 30.7 Å². The molecule has 2 aromatic rings. The first-order valence-corrected chi connectivity index (χ1v) is 10.8. The van der Waals surface area contributed by atoms with Gasteiger partial charge in [0.05, 0.1) is 5.39 Å². The number of hydrogen-bond acceptors (Lipinski definition) is 5. The molecular formula is C18H26N2OS2. The molecule has 0 aromatic carbocycles. The van der Waals surface area contributed by atoms with Gasteiger partial charge in [-0.2, -0.15) is 11.8 Å². The summed E-state index contributed by atoms with van der Waals surface area (Å²) in [5.74, 6) is 3.85. The van der Waals surface area contributed by atoms with E-state index in [9.17, 15) is 0 Å². The maximum Gasteiger partial charge on any atom is 0.225 e. The minimum atomic E-state index is 0.263. The van der Waals surface area contributed by atoms with Gasteiger partial charge in [0.15, 0.2) is 0 Å². The van der Waals surface area contributed by atoms with E-state index in [-0.39, 0.29) is 6.10 Å². The third kappa shape index (κ3) is 3.50. The minimum absolute atomic E-state index is 0.263. The summed E-state index contributed by atoms with van der Waals surface area (Å²) in [7, 11) is 0. The average Bonchev–Trinajstić information content (AvgIpc) is 3.11. The standard InChI is InChI=1S/C18H26N2OS2/c1-4-7-13(5-2)21-17-16-15-12(10-22-6-3)8-9-14(15)23-18(16)20-11-19-17/h11-13H,4-10H2,1-3H3. The second-order valence-corrected chi connectivity index (χ2v) is 8.53. The maximum atomic E-state index is 6.30. The SMILES string of the molecule is CCCC(CC)Oc1ncnc2sc3c(c12)C(CSCC)CC3. The fraction of sp³-hybridized carbons (Fsp3) is 0.667. The van der Waals surface area contributed by atoms with Gasteiger partial charge in [0.25, 0.3) is 0 Å². The molecule has 3 rings (SSSR count). The summed E-state index contributed by atoms with van der Waals surface area (Å²) in [5.41, 5.74) is 1.49. The highest BCUT2D eigenvalue weighted by molar-refractivity contribution is 7.99. The van der Waals surface area contributed by atoms with Crippen LogP contribution in [0, 0.1) is 0 Å². The summed E-state index contributed by atoms with van der Waals surface area (Å²) < 4.78 is 6.30. The lowest BCUT2D eigenvalue weighted by Crippen LogP contribution is -2.16. The molecule has 2 heterocycles. The van der Waals surface area contributed by atoms with Crippen LogP contribution in [0.15, 0.2) is 6.33 Å². The highest BCUT2D eigenvalue weighted by Crippen LogP contribution is 2.47. The first-order chi connectivity index (χ1) is 11.3. The summed E-state index contributed by atoms with van der Waals surface area (Å²) >= 11 is 3.88. The zero-order valence-corrected chi connectivity index (χ0v) is 15.9. The van der Waals surface area contributed by atoms with Crippen molar-refractivity contribution in [1.82, 2.24) is 9.97 Å². The van der Waals surface area contributed by atoms with E-state index in [1.807, 2.05) is 23.1 Å². The average molecular weight is 351 g/mol. The molecule has 126 valence electrons. The van der Waals surface area contributed by atoms with Crippen LogP contribution in [0.2, 0.25) is 0 Å². The topological polar surface area (TPSA) is 35.0 Å². The smallest absolute Gasteiger partial charge is 0.225 e. The lowest BCUT2D eigenvalue weighted by molar-refractivity contribution is 0.180. The van der Waals surface area contributed by atoms with Crippen LogP contribution in [0.25, 0.3) is 10.2 Å². The van der Waals surface area contributed by atoms with Gasteiger partial charge in [-0.15, -0.1) is 11.3 Å². The Morgan fingerprint density at radius 1 is 1.35 bits per heavy atom. The first kappa shape index (κ1) is 17.0. The van der Waals surface area contributed by atoms with Gasteiger partial charge < -0.3 is 4.74 Å². The number of hydrogen-bond donors (Lipinski definition) is 0. The number of aromatic nitrogens is 2. The van der Waals surface area contributed by atoms with E-state index < -0.39 is 0 Å². The molecule has 1 aliphatic carbocycles. The number of nitrogens with zero attached hydrogens (tertiary/aromatic N) is 2. The number of aryl methyl sites for hydroxylation is 1. The van der Waals surface area contributed by atoms with Gasteiger partial charge in [-0.1, -0.05) is 27.2 Å². The molecule has 0 N–H and O–H groups in total. The van der Waals surface area contributed by atoms with Crippen molar-refractivity contribution in [2.45, 2.75) is 64.9 Å². The van der Waals surface area contributed by atoms with Crippen LogP contribution in [0.3, 0.4) is 0 Å². The predicted octanol–water partition coefficient (Wildman–Crippen LogP) is 5.43. The fourth-order valence-electron chi connectivity index (χ4n) is 3.38. The normalized spacial score (nSPS) is 18.3. The molecule has 0 fully saturated rings. The molecule has 0 amide bonds. The van der Waals surface area contributed by atoms with Crippen molar-refractivity contribution in [3.05, 3.63) is 16.8 Å². The molecule has 5 heteroatoms. The number of fused-ring (bicyclic) bond motifs is 3. The van der Waals surface area contributed by atoms with Gasteiger partial charge >= 0.3 is 0 Å². The predicted molar refractivity (Wildman–Crippen MR) is 101 cm³/mol. The number of thioether (sulfide) groups is 1. The molecule has 3 nitrogen and oxygen atoms in total. The van der Waals surface area contributed by atoms with Crippen molar-refractivity contribution >= 4 is 33.3 Å². The zero-order valence-electron chi connectivity index (χ0n) is 14.3. The highest BCUT2D eigenvalue weighted by atomic mass is 32.2. The molecule has 0 bridgehead atoms. The summed E-state index contributed by atoms with van der Waals surface area (Å²) in [6.45, 7) is 6.64. The van der Waals surface area contributed by atoms with Gasteiger partial charge in [0.2, 0.25) is 5.88 Å². The van der Waals surface area contributed by atoms with Crippen molar-refractivity contribution in [3.63, 3.8) is 0 Å². The van der Waals surface area contributed by atoms with E-state index in [1.54, 1.807) is 6.33 Å². The van der Waals surface area contributed by atoms with Crippen LogP contribution in [0.5, 0.6) is 5.88 Å². The second kappa shape index (κ2) is 7.84. The Kier molecular flexibility index (Phi) is 5.81. The Labute approximate surface area is 147 Å². The molecule has 0 radical (unpaired) electrons. The van der Waals surface area contributed by atoms with Crippen molar-refractivity contribution in [2.75, 3.05) is 11.5 Å². The van der Waals surface area contributed by atoms with Crippen LogP contribution >= 0.6 is 23.1 Å². The van der Waals surface area contributed by atoms with Gasteiger partial charge in [0.1, 0.15) is 17.3 Å². The Morgan fingerprint density at radius 2 is 2.22 bits per heavy atom. The lowest BCUT2D eigenvalue weighted by atomic mass is 10.0. The third-order valence-electron chi connectivity index (χ3n) is 4.56. The van der Waals surface area contributed by atoms with Crippen molar-refractivity contribution < 1.29 is 4.74 Å². The van der Waals surface area contributed by atoms with Crippen LogP contribution in [-0.4, -0.2) is 27.6 Å². The molecule has 0 spiro atoms. The molecule has 0 aliphatic heterocycles. The Hall–Kier alpha value is -0.810. The molecule has 1 aliphatic rings. The number of rotatable bonds is 8. The number of ether oxygens (including phenoxy) is 1. The quantitative estimate of drug-likeness (QED) is 0.636. The maximum absolute atomic E-state index is 6.30. The summed E-state index contributed by atoms with van der Waals surface area (Å²) in [6, 6.07) is 0. The number of thiophene rings is 1. The summed E-state index contributed by atoms with van der Waals surface area (Å²) in [5, 5.41) is 1.21. The molecule has 0 saturated heterocycles. The molecule has 2 unspecified atom stereocenters. The highest BCUT2D eigenvalue weighted by Gasteiger charge is 2.30.